The van der Waals surface area contributed by atoms with E-state index in [1.165, 1.54) is 0 Å². The van der Waals surface area contributed by atoms with Crippen LogP contribution >= 0.6 is 0 Å². The summed E-state index contributed by atoms with van der Waals surface area (Å²) in [6, 6.07) is 1.79. The number of halogens is 2. The molecule has 0 unspecified atom stereocenters. The highest BCUT2D eigenvalue weighted by Crippen LogP contribution is 2.16. The van der Waals surface area contributed by atoms with Crippen molar-refractivity contribution in [2.45, 2.75) is 17.4 Å². The summed E-state index contributed by atoms with van der Waals surface area (Å²) in [5.74, 6) is -4.23. The number of aliphatic carboxylic acids is 1. The highest BCUT2D eigenvalue weighted by Gasteiger charge is 2.37. The van der Waals surface area contributed by atoms with Crippen molar-refractivity contribution in [3.63, 3.8) is 0 Å². The van der Waals surface area contributed by atoms with Gasteiger partial charge in [0, 0.05) is 0 Å². The number of aliphatic hydroxyl groups excluding tert-OH is 1. The van der Waals surface area contributed by atoms with Gasteiger partial charge in [-0.15, -0.1) is 0 Å². The predicted molar refractivity (Wildman–Crippen MR) is 59.8 cm³/mol. The van der Waals surface area contributed by atoms with Crippen LogP contribution in [0.3, 0.4) is 0 Å². The molecule has 0 bridgehead atoms. The first-order valence-corrected chi connectivity index (χ1v) is 6.44. The number of hydrogen-bond acceptors (Lipinski definition) is 4. The second-order valence-corrected chi connectivity index (χ2v) is 5.66. The molecule has 0 aliphatic rings. The SMILES string of the molecule is C[C@@](CO)(NS(=O)(=O)c1ccc(F)c(F)c1)C(=O)O. The average Bonchev–Trinajstić information content (AvgIpc) is 2.31. The lowest BCUT2D eigenvalue weighted by Gasteiger charge is -2.23. The Morgan fingerprint density at radius 2 is 1.95 bits per heavy atom. The molecule has 0 saturated heterocycles. The molecule has 0 aliphatic carbocycles. The van der Waals surface area contributed by atoms with E-state index in [-0.39, 0.29) is 0 Å². The molecule has 0 spiro atoms. The molecule has 6 nitrogen and oxygen atoms in total. The van der Waals surface area contributed by atoms with E-state index >= 15 is 0 Å². The molecule has 1 atom stereocenters. The second kappa shape index (κ2) is 5.19. The van der Waals surface area contributed by atoms with Crippen LogP contribution in [0.2, 0.25) is 0 Å². The summed E-state index contributed by atoms with van der Waals surface area (Å²) in [6.07, 6.45) is 0. The molecule has 1 aromatic carbocycles. The number of carboxylic acid groups (broad SMARTS) is 1. The predicted octanol–water partition coefficient (Wildman–Crippen LogP) is 0.0787. The first-order valence-electron chi connectivity index (χ1n) is 4.96. The fraction of sp³-hybridized carbons (Fsp3) is 0.300. The Kier molecular flexibility index (Phi) is 4.23. The molecule has 1 rings (SSSR count). The quantitative estimate of drug-likeness (QED) is 0.713. The zero-order valence-corrected chi connectivity index (χ0v) is 10.5. The second-order valence-electron chi connectivity index (χ2n) is 3.98. The summed E-state index contributed by atoms with van der Waals surface area (Å²) in [5.41, 5.74) is -2.16. The Morgan fingerprint density at radius 3 is 2.37 bits per heavy atom. The number of carbonyl (C=O) groups is 1. The number of aliphatic hydroxyl groups is 1. The van der Waals surface area contributed by atoms with Crippen LogP contribution in [0.15, 0.2) is 23.1 Å². The summed E-state index contributed by atoms with van der Waals surface area (Å²) < 4.78 is 51.0. The molecule has 19 heavy (non-hydrogen) atoms. The third-order valence-electron chi connectivity index (χ3n) is 2.35. The van der Waals surface area contributed by atoms with E-state index in [1.54, 1.807) is 4.72 Å². The molecule has 0 fully saturated rings. The minimum absolute atomic E-state index is 0.414. The van der Waals surface area contributed by atoms with Gasteiger partial charge in [0.1, 0.15) is 5.54 Å². The normalized spacial score (nSPS) is 14.9. The topological polar surface area (TPSA) is 104 Å². The lowest BCUT2D eigenvalue weighted by atomic mass is 10.1. The molecular formula is C10H11F2NO5S. The van der Waals surface area contributed by atoms with Gasteiger partial charge in [0.2, 0.25) is 10.0 Å². The van der Waals surface area contributed by atoms with Crippen LogP contribution in [0.4, 0.5) is 8.78 Å². The largest absolute Gasteiger partial charge is 0.480 e. The number of hydrogen-bond donors (Lipinski definition) is 3. The van der Waals surface area contributed by atoms with E-state index in [0.717, 1.165) is 13.0 Å². The van der Waals surface area contributed by atoms with Gasteiger partial charge >= 0.3 is 5.97 Å². The van der Waals surface area contributed by atoms with Crippen molar-refractivity contribution < 1.29 is 32.2 Å². The first kappa shape index (κ1) is 15.5. The van der Waals surface area contributed by atoms with Gasteiger partial charge in [-0.3, -0.25) is 4.79 Å². The van der Waals surface area contributed by atoms with E-state index in [4.69, 9.17) is 10.2 Å². The maximum atomic E-state index is 12.9. The number of benzene rings is 1. The summed E-state index contributed by atoms with van der Waals surface area (Å²) in [6.45, 7) is -0.0714. The number of rotatable bonds is 5. The first-order chi connectivity index (χ1) is 8.62. The summed E-state index contributed by atoms with van der Waals surface area (Å²) in [5, 5.41) is 17.7. The van der Waals surface area contributed by atoms with Gasteiger partial charge in [-0.05, 0) is 25.1 Å². The standard InChI is InChI=1S/C10H11F2NO5S/c1-10(5-14,9(15)16)13-19(17,18)6-2-3-7(11)8(12)4-6/h2-4,13-14H,5H2,1H3,(H,15,16)/t10-/m0/s1. The minimum atomic E-state index is -4.41. The van der Waals surface area contributed by atoms with Crippen molar-refractivity contribution in [1.82, 2.24) is 4.72 Å². The van der Waals surface area contributed by atoms with E-state index in [1.807, 2.05) is 0 Å². The molecule has 0 saturated carbocycles. The molecule has 0 radical (unpaired) electrons. The average molecular weight is 295 g/mol. The summed E-state index contributed by atoms with van der Waals surface area (Å²) in [4.78, 5) is 10.2. The van der Waals surface area contributed by atoms with Gasteiger partial charge in [0.05, 0.1) is 11.5 Å². The van der Waals surface area contributed by atoms with Gasteiger partial charge in [0.15, 0.2) is 11.6 Å². The van der Waals surface area contributed by atoms with Crippen LogP contribution in [0, 0.1) is 11.6 Å². The van der Waals surface area contributed by atoms with Gasteiger partial charge in [-0.1, -0.05) is 0 Å². The molecule has 1 aromatic rings. The van der Waals surface area contributed by atoms with E-state index in [2.05, 4.69) is 0 Å². The zero-order chi connectivity index (χ0) is 14.8. The Balaban J connectivity index is 3.18. The fourth-order valence-electron chi connectivity index (χ4n) is 1.14. The minimum Gasteiger partial charge on any atom is -0.480 e. The van der Waals surface area contributed by atoms with Crippen LogP contribution in [-0.2, 0) is 14.8 Å². The van der Waals surface area contributed by atoms with Crippen molar-refractivity contribution >= 4 is 16.0 Å². The molecule has 0 amide bonds. The van der Waals surface area contributed by atoms with Crippen molar-refractivity contribution in [2.75, 3.05) is 6.61 Å². The lowest BCUT2D eigenvalue weighted by molar-refractivity contribution is -0.144. The summed E-state index contributed by atoms with van der Waals surface area (Å²) in [7, 11) is -4.41. The molecular weight excluding hydrogens is 284 g/mol. The molecule has 3 N–H and O–H groups in total. The molecule has 9 heteroatoms. The summed E-state index contributed by atoms with van der Waals surface area (Å²) >= 11 is 0. The van der Waals surface area contributed by atoms with Crippen molar-refractivity contribution in [2.24, 2.45) is 0 Å². The monoisotopic (exact) mass is 295 g/mol. The van der Waals surface area contributed by atoms with Gasteiger partial charge in [-0.2, -0.15) is 4.72 Å². The zero-order valence-electron chi connectivity index (χ0n) is 9.72. The number of nitrogens with one attached hydrogen (secondary N) is 1. The maximum absolute atomic E-state index is 12.9. The molecule has 0 heterocycles. The third kappa shape index (κ3) is 3.25. The molecule has 0 aliphatic heterocycles. The Labute approximate surface area is 107 Å². The number of sulfonamides is 1. The lowest BCUT2D eigenvalue weighted by Crippen LogP contribution is -2.54. The smallest absolute Gasteiger partial charge is 0.327 e. The molecule has 106 valence electrons. The molecule has 0 aromatic heterocycles. The van der Waals surface area contributed by atoms with E-state index in [9.17, 15) is 22.0 Å². The van der Waals surface area contributed by atoms with E-state index in [0.29, 0.717) is 12.1 Å². The van der Waals surface area contributed by atoms with Gasteiger partial charge < -0.3 is 10.2 Å². The van der Waals surface area contributed by atoms with Crippen molar-refractivity contribution in [3.8, 4) is 0 Å². The fourth-order valence-corrected chi connectivity index (χ4v) is 2.51. The van der Waals surface area contributed by atoms with Gasteiger partial charge in [-0.25, -0.2) is 17.2 Å². The van der Waals surface area contributed by atoms with Crippen LogP contribution < -0.4 is 4.72 Å². The third-order valence-corrected chi connectivity index (χ3v) is 3.94. The Bertz CT molecular complexity index is 604. The van der Waals surface area contributed by atoms with E-state index < -0.39 is 44.7 Å². The van der Waals surface area contributed by atoms with Crippen LogP contribution in [0.1, 0.15) is 6.92 Å². The number of carboxylic acids is 1. The van der Waals surface area contributed by atoms with Gasteiger partial charge in [0.25, 0.3) is 0 Å². The van der Waals surface area contributed by atoms with Crippen molar-refractivity contribution in [3.05, 3.63) is 29.8 Å². The Hall–Kier alpha value is -1.58. The van der Waals surface area contributed by atoms with Crippen LogP contribution in [-0.4, -0.2) is 36.7 Å². The Morgan fingerprint density at radius 1 is 1.37 bits per heavy atom. The van der Waals surface area contributed by atoms with Crippen molar-refractivity contribution in [1.29, 1.82) is 0 Å². The maximum Gasteiger partial charge on any atom is 0.327 e. The highest BCUT2D eigenvalue weighted by molar-refractivity contribution is 7.89. The highest BCUT2D eigenvalue weighted by atomic mass is 32.2. The van der Waals surface area contributed by atoms with Crippen LogP contribution in [0.5, 0.6) is 0 Å². The van der Waals surface area contributed by atoms with Crippen LogP contribution in [0.25, 0.3) is 0 Å².